The van der Waals surface area contributed by atoms with Crippen molar-refractivity contribution in [1.82, 2.24) is 0 Å². The quantitative estimate of drug-likeness (QED) is 0.462. The molecule has 0 unspecified atom stereocenters. The number of hydrogen-bond acceptors (Lipinski definition) is 2. The van der Waals surface area contributed by atoms with Crippen molar-refractivity contribution in [3.05, 3.63) is 18.2 Å². The van der Waals surface area contributed by atoms with E-state index in [0.29, 0.717) is 6.79 Å². The van der Waals surface area contributed by atoms with E-state index in [4.69, 9.17) is 9.47 Å². The molecule has 0 bridgehead atoms. The summed E-state index contributed by atoms with van der Waals surface area (Å²) in [5.74, 6) is 1.85. The van der Waals surface area contributed by atoms with Crippen LogP contribution in [0.5, 0.6) is 11.5 Å². The molecule has 1 aromatic carbocycles. The first-order chi connectivity index (χ1) is 4.88. The summed E-state index contributed by atoms with van der Waals surface area (Å²) in [6.45, 7) is 0.384. The van der Waals surface area contributed by atoms with Gasteiger partial charge in [-0.25, -0.2) is 0 Å². The largest absolute Gasteiger partial charge is 0.454 e. The lowest BCUT2D eigenvalue weighted by Gasteiger charge is -1.97. The molecule has 1 aliphatic heterocycles. The Morgan fingerprint density at radius 3 is 3.00 bits per heavy atom. The number of hydrogen-bond donors (Lipinski definition) is 0. The lowest BCUT2D eigenvalue weighted by Crippen LogP contribution is -2.04. The van der Waals surface area contributed by atoms with Crippen molar-refractivity contribution in [2.75, 3.05) is 6.79 Å². The van der Waals surface area contributed by atoms with Crippen molar-refractivity contribution in [3.8, 4) is 11.5 Å². The highest BCUT2D eigenvalue weighted by molar-refractivity contribution is 6.34. The molecule has 1 aromatic rings. The fourth-order valence-corrected chi connectivity index (χ4v) is 1.66. The van der Waals surface area contributed by atoms with Gasteiger partial charge in [-0.2, -0.15) is 0 Å². The number of ether oxygens (including phenoxy) is 2. The van der Waals surface area contributed by atoms with Gasteiger partial charge in [-0.15, -0.1) is 0 Å². The fourth-order valence-electron chi connectivity index (χ4n) is 1.08. The van der Waals surface area contributed by atoms with Crippen molar-refractivity contribution in [1.29, 1.82) is 0 Å². The molecule has 1 heterocycles. The van der Waals surface area contributed by atoms with E-state index in [9.17, 15) is 0 Å². The first-order valence-corrected chi connectivity index (χ1v) is 4.23. The van der Waals surface area contributed by atoms with Crippen molar-refractivity contribution in [3.63, 3.8) is 0 Å². The third-order valence-corrected chi connectivity index (χ3v) is 2.38. The summed E-state index contributed by atoms with van der Waals surface area (Å²) in [6.07, 6.45) is 0. The molecule has 10 heavy (non-hydrogen) atoms. The molecule has 0 aliphatic carbocycles. The Hall–Kier alpha value is -0.963. The van der Waals surface area contributed by atoms with Crippen molar-refractivity contribution in [2.24, 2.45) is 0 Å². The summed E-state index contributed by atoms with van der Waals surface area (Å²) in [5.41, 5.74) is 0. The van der Waals surface area contributed by atoms with E-state index < -0.39 is 0 Å². The zero-order valence-electron chi connectivity index (χ0n) is 5.76. The van der Waals surface area contributed by atoms with Crippen molar-refractivity contribution >= 4 is 15.4 Å². The molecule has 0 saturated carbocycles. The molecule has 0 radical (unpaired) electrons. The third kappa shape index (κ3) is 0.708. The second kappa shape index (κ2) is 2.02. The van der Waals surface area contributed by atoms with Gasteiger partial charge in [0.25, 0.3) is 0 Å². The molecule has 2 rings (SSSR count). The average molecular weight is 152 g/mol. The Morgan fingerprint density at radius 1 is 1.30 bits per heavy atom. The van der Waals surface area contributed by atoms with E-state index in [1.165, 1.54) is 5.19 Å². The Balaban J connectivity index is 2.59. The maximum Gasteiger partial charge on any atom is 0.231 e. The molecule has 1 aliphatic rings. The Morgan fingerprint density at radius 2 is 2.20 bits per heavy atom. The van der Waals surface area contributed by atoms with Crippen LogP contribution in [-0.4, -0.2) is 17.0 Å². The first kappa shape index (κ1) is 5.79. The maximum atomic E-state index is 5.24. The average Bonchev–Trinajstić information content (AvgIpc) is 2.36. The molecule has 0 fully saturated rings. The minimum absolute atomic E-state index is 0.384. The van der Waals surface area contributed by atoms with E-state index in [1.807, 2.05) is 12.1 Å². The molecule has 0 amide bonds. The number of fused-ring (bicyclic) bond motifs is 1. The molecule has 0 N–H and O–H groups in total. The summed E-state index contributed by atoms with van der Waals surface area (Å²) >= 11 is 0. The van der Waals surface area contributed by atoms with Gasteiger partial charge >= 0.3 is 0 Å². The highest BCUT2D eigenvalue weighted by Crippen LogP contribution is 2.28. The Kier molecular flexibility index (Phi) is 1.17. The van der Waals surface area contributed by atoms with E-state index in [0.717, 1.165) is 21.7 Å². The van der Waals surface area contributed by atoms with Gasteiger partial charge in [-0.05, 0) is 11.3 Å². The lowest BCUT2D eigenvalue weighted by molar-refractivity contribution is 0.174. The molecule has 0 atom stereocenters. The number of rotatable bonds is 0. The third-order valence-electron chi connectivity index (χ3n) is 1.59. The van der Waals surface area contributed by atoms with Gasteiger partial charge in [-0.3, -0.25) is 0 Å². The van der Waals surface area contributed by atoms with Gasteiger partial charge in [0.1, 0.15) is 0 Å². The molecule has 0 saturated heterocycles. The van der Waals surface area contributed by atoms with Gasteiger partial charge in [0.2, 0.25) is 6.79 Å². The fraction of sp³-hybridized carbons (Fsp3) is 0.143. The SMILES string of the molecule is [SiH3]c1cccc2c1OCO2. The van der Waals surface area contributed by atoms with Crippen LogP contribution in [0.15, 0.2) is 18.2 Å². The van der Waals surface area contributed by atoms with E-state index in [1.54, 1.807) is 0 Å². The van der Waals surface area contributed by atoms with Gasteiger partial charge in [0, 0.05) is 10.2 Å². The highest BCUT2D eigenvalue weighted by atomic mass is 28.1. The highest BCUT2D eigenvalue weighted by Gasteiger charge is 2.13. The van der Waals surface area contributed by atoms with Crippen LogP contribution in [0, 0.1) is 0 Å². The van der Waals surface area contributed by atoms with Crippen LogP contribution in [0.4, 0.5) is 0 Å². The van der Waals surface area contributed by atoms with Gasteiger partial charge in [-0.1, -0.05) is 12.1 Å². The van der Waals surface area contributed by atoms with Gasteiger partial charge in [0.15, 0.2) is 11.5 Å². The van der Waals surface area contributed by atoms with Crippen LogP contribution in [0.25, 0.3) is 0 Å². The van der Waals surface area contributed by atoms with Crippen molar-refractivity contribution < 1.29 is 9.47 Å². The van der Waals surface area contributed by atoms with Gasteiger partial charge in [0.05, 0.1) is 0 Å². The Labute approximate surface area is 62.2 Å². The summed E-state index contributed by atoms with van der Waals surface area (Å²) in [6, 6.07) is 6.00. The topological polar surface area (TPSA) is 18.5 Å². The summed E-state index contributed by atoms with van der Waals surface area (Å²) in [4.78, 5) is 0. The summed E-state index contributed by atoms with van der Waals surface area (Å²) in [7, 11) is 1.02. The van der Waals surface area contributed by atoms with Crippen LogP contribution in [0.1, 0.15) is 0 Å². The summed E-state index contributed by atoms with van der Waals surface area (Å²) < 4.78 is 10.4. The molecule has 2 nitrogen and oxygen atoms in total. The molecular formula is C7H8O2Si. The van der Waals surface area contributed by atoms with Gasteiger partial charge < -0.3 is 9.47 Å². The minimum Gasteiger partial charge on any atom is -0.454 e. The Bertz CT molecular complexity index is 260. The van der Waals surface area contributed by atoms with E-state index in [2.05, 4.69) is 6.07 Å². The van der Waals surface area contributed by atoms with Crippen LogP contribution in [-0.2, 0) is 0 Å². The summed E-state index contributed by atoms with van der Waals surface area (Å²) in [5, 5.41) is 1.27. The smallest absolute Gasteiger partial charge is 0.231 e. The molecular weight excluding hydrogens is 144 g/mol. The molecule has 52 valence electrons. The second-order valence-corrected chi connectivity index (χ2v) is 3.39. The van der Waals surface area contributed by atoms with Crippen LogP contribution in [0.2, 0.25) is 0 Å². The van der Waals surface area contributed by atoms with E-state index >= 15 is 0 Å². The number of para-hydroxylation sites is 1. The molecule has 3 heteroatoms. The molecule has 0 spiro atoms. The van der Waals surface area contributed by atoms with Crippen molar-refractivity contribution in [2.45, 2.75) is 0 Å². The normalized spacial score (nSPS) is 14.0. The van der Waals surface area contributed by atoms with Crippen LogP contribution >= 0.6 is 0 Å². The number of benzene rings is 1. The first-order valence-electron chi connectivity index (χ1n) is 3.23. The predicted octanol–water partition coefficient (Wildman–Crippen LogP) is -0.594. The zero-order chi connectivity index (χ0) is 6.97. The zero-order valence-corrected chi connectivity index (χ0v) is 7.76. The second-order valence-electron chi connectivity index (χ2n) is 2.31. The monoisotopic (exact) mass is 152 g/mol. The molecule has 0 aromatic heterocycles. The van der Waals surface area contributed by atoms with Crippen LogP contribution < -0.4 is 14.7 Å². The van der Waals surface area contributed by atoms with Crippen LogP contribution in [0.3, 0.4) is 0 Å². The predicted molar refractivity (Wildman–Crippen MR) is 42.1 cm³/mol. The standard InChI is InChI=1S/C7H8O2Si/c10-6-3-1-2-5-7(6)9-4-8-5/h1-3H,4H2,10H3. The minimum atomic E-state index is 0.384. The lowest BCUT2D eigenvalue weighted by atomic mass is 10.3. The maximum absolute atomic E-state index is 5.24. The van der Waals surface area contributed by atoms with E-state index in [-0.39, 0.29) is 0 Å².